The average Bonchev–Trinajstić information content (AvgIpc) is 3.24. The number of rotatable bonds is 2. The first-order chi connectivity index (χ1) is 12.0. The number of methoxy groups -OCH3 is 1. The van der Waals surface area contributed by atoms with E-state index in [1.807, 2.05) is 13.8 Å². The maximum absolute atomic E-state index is 13.1. The van der Waals surface area contributed by atoms with Crippen LogP contribution in [0.25, 0.3) is 0 Å². The molecule has 1 aromatic rings. The van der Waals surface area contributed by atoms with Gasteiger partial charge >= 0.3 is 5.97 Å². The highest BCUT2D eigenvalue weighted by Gasteiger charge is 2.62. The molecule has 1 saturated heterocycles. The van der Waals surface area contributed by atoms with Crippen molar-refractivity contribution in [3.05, 3.63) is 53.1 Å². The van der Waals surface area contributed by atoms with Crippen LogP contribution in [0.5, 0.6) is 0 Å². The largest absolute Gasteiger partial charge is 0.465 e. The minimum atomic E-state index is -0.556. The summed E-state index contributed by atoms with van der Waals surface area (Å²) in [5, 5.41) is 0. The van der Waals surface area contributed by atoms with E-state index in [1.165, 1.54) is 23.2 Å². The van der Waals surface area contributed by atoms with Gasteiger partial charge in [0, 0.05) is 11.8 Å². The van der Waals surface area contributed by atoms with Gasteiger partial charge in [0.05, 0.1) is 30.2 Å². The summed E-state index contributed by atoms with van der Waals surface area (Å²) in [6, 6.07) is 6.60. The molecule has 2 amide bonds. The van der Waals surface area contributed by atoms with E-state index < -0.39 is 5.97 Å². The van der Waals surface area contributed by atoms with Crippen LogP contribution in [-0.4, -0.2) is 24.9 Å². The fourth-order valence-corrected chi connectivity index (χ4v) is 4.62. The number of allylic oxidation sites excluding steroid dienone is 4. The minimum Gasteiger partial charge on any atom is -0.465 e. The van der Waals surface area contributed by atoms with Gasteiger partial charge in [0.2, 0.25) is 11.8 Å². The SMILES string of the molecule is COC(=O)c1ccccc1N1C(=O)[C@@H]2[C@@H](C1=O)[C@H]1C=C[C@@H]2C1=C(C)C. The molecular weight excluding hydrogens is 318 g/mol. The molecule has 0 spiro atoms. The van der Waals surface area contributed by atoms with Gasteiger partial charge in [0.1, 0.15) is 0 Å². The predicted molar refractivity (Wildman–Crippen MR) is 91.7 cm³/mol. The number of para-hydroxylation sites is 1. The lowest BCUT2D eigenvalue weighted by Crippen LogP contribution is -2.34. The van der Waals surface area contributed by atoms with Gasteiger partial charge in [0.15, 0.2) is 0 Å². The Hall–Kier alpha value is -2.69. The Labute approximate surface area is 146 Å². The fourth-order valence-electron chi connectivity index (χ4n) is 4.62. The molecule has 1 saturated carbocycles. The molecule has 0 N–H and O–H groups in total. The number of anilines is 1. The van der Waals surface area contributed by atoms with Gasteiger partial charge in [-0.15, -0.1) is 0 Å². The quantitative estimate of drug-likeness (QED) is 0.473. The van der Waals surface area contributed by atoms with Crippen molar-refractivity contribution in [3.63, 3.8) is 0 Å². The number of benzene rings is 1. The zero-order valence-corrected chi connectivity index (χ0v) is 14.4. The highest BCUT2D eigenvalue weighted by Crippen LogP contribution is 2.57. The maximum atomic E-state index is 13.1. The molecule has 5 nitrogen and oxygen atoms in total. The number of carbonyl (C=O) groups is 3. The molecule has 2 fully saturated rings. The number of carbonyl (C=O) groups excluding carboxylic acids is 3. The summed E-state index contributed by atoms with van der Waals surface area (Å²) in [5.41, 5.74) is 2.93. The predicted octanol–water partition coefficient (Wildman–Crippen LogP) is 2.73. The van der Waals surface area contributed by atoms with Gasteiger partial charge in [-0.05, 0) is 26.0 Å². The normalized spacial score (nSPS) is 29.4. The number of fused-ring (bicyclic) bond motifs is 5. The minimum absolute atomic E-state index is 0.00765. The fraction of sp³-hybridized carbons (Fsp3) is 0.350. The van der Waals surface area contributed by atoms with Crippen LogP contribution >= 0.6 is 0 Å². The highest BCUT2D eigenvalue weighted by molar-refractivity contribution is 6.25. The van der Waals surface area contributed by atoms with Gasteiger partial charge in [-0.25, -0.2) is 9.69 Å². The summed E-state index contributed by atoms with van der Waals surface area (Å²) in [7, 11) is 1.28. The van der Waals surface area contributed by atoms with Gasteiger partial charge in [0.25, 0.3) is 0 Å². The standard InChI is InChI=1S/C20H19NO4/c1-10(2)15-12-8-9-13(15)17-16(12)18(22)21(19(17)23)14-7-5-4-6-11(14)20(24)25-3/h4-9,12-13,16-17H,1-3H3/t12-,13+,16-,17-/m0/s1. The van der Waals surface area contributed by atoms with Crippen LogP contribution in [-0.2, 0) is 14.3 Å². The number of hydrogen-bond donors (Lipinski definition) is 0. The lowest BCUT2D eigenvalue weighted by Gasteiger charge is -2.21. The number of amides is 2. The van der Waals surface area contributed by atoms with Crippen LogP contribution in [0.2, 0.25) is 0 Å². The first kappa shape index (κ1) is 15.8. The summed E-state index contributed by atoms with van der Waals surface area (Å²) >= 11 is 0. The topological polar surface area (TPSA) is 63.7 Å². The summed E-state index contributed by atoms with van der Waals surface area (Å²) in [6.45, 7) is 4.06. The molecule has 1 heterocycles. The van der Waals surface area contributed by atoms with E-state index in [0.29, 0.717) is 5.69 Å². The van der Waals surface area contributed by atoms with Gasteiger partial charge in [-0.3, -0.25) is 9.59 Å². The number of hydrogen-bond acceptors (Lipinski definition) is 4. The third-order valence-corrected chi connectivity index (χ3v) is 5.54. The molecule has 4 atom stereocenters. The van der Waals surface area contributed by atoms with E-state index in [9.17, 15) is 14.4 Å². The molecule has 5 heteroatoms. The second-order valence-corrected chi connectivity index (χ2v) is 6.96. The molecular formula is C20H19NO4. The Balaban J connectivity index is 1.79. The zero-order chi connectivity index (χ0) is 17.9. The van der Waals surface area contributed by atoms with Gasteiger partial charge in [-0.1, -0.05) is 35.4 Å². The van der Waals surface area contributed by atoms with Crippen molar-refractivity contribution in [1.29, 1.82) is 0 Å². The third-order valence-electron chi connectivity index (χ3n) is 5.54. The smallest absolute Gasteiger partial charge is 0.339 e. The van der Waals surface area contributed by atoms with Crippen LogP contribution in [0.3, 0.4) is 0 Å². The van der Waals surface area contributed by atoms with Gasteiger partial charge in [-0.2, -0.15) is 0 Å². The monoisotopic (exact) mass is 337 g/mol. The van der Waals surface area contributed by atoms with E-state index in [0.717, 1.165) is 0 Å². The average molecular weight is 337 g/mol. The van der Waals surface area contributed by atoms with Crippen molar-refractivity contribution in [2.24, 2.45) is 23.7 Å². The number of esters is 1. The summed E-state index contributed by atoms with van der Waals surface area (Å²) in [6.07, 6.45) is 4.10. The Morgan fingerprint density at radius 3 is 2.08 bits per heavy atom. The van der Waals surface area contributed by atoms with Crippen molar-refractivity contribution in [2.75, 3.05) is 12.0 Å². The lowest BCUT2D eigenvalue weighted by atomic mass is 9.85. The van der Waals surface area contributed by atoms with E-state index in [1.54, 1.807) is 24.3 Å². The van der Waals surface area contributed by atoms with E-state index in [-0.39, 0.29) is 41.0 Å². The van der Waals surface area contributed by atoms with Crippen molar-refractivity contribution >= 4 is 23.5 Å². The molecule has 128 valence electrons. The molecule has 1 aromatic carbocycles. The Kier molecular flexibility index (Phi) is 3.42. The lowest BCUT2D eigenvalue weighted by molar-refractivity contribution is -0.122. The molecule has 0 unspecified atom stereocenters. The maximum Gasteiger partial charge on any atom is 0.339 e. The number of ether oxygens (including phenoxy) is 1. The molecule has 25 heavy (non-hydrogen) atoms. The number of imide groups is 1. The second-order valence-electron chi connectivity index (χ2n) is 6.96. The first-order valence-electron chi connectivity index (χ1n) is 8.38. The van der Waals surface area contributed by atoms with E-state index in [2.05, 4.69) is 12.2 Å². The van der Waals surface area contributed by atoms with Crippen molar-refractivity contribution < 1.29 is 19.1 Å². The van der Waals surface area contributed by atoms with E-state index in [4.69, 9.17) is 4.74 Å². The van der Waals surface area contributed by atoms with Crippen molar-refractivity contribution in [2.45, 2.75) is 13.8 Å². The van der Waals surface area contributed by atoms with Crippen LogP contribution in [0.15, 0.2) is 47.6 Å². The summed E-state index contributed by atoms with van der Waals surface area (Å²) in [4.78, 5) is 39.5. The molecule has 2 bridgehead atoms. The van der Waals surface area contributed by atoms with Crippen molar-refractivity contribution in [3.8, 4) is 0 Å². The molecule has 3 aliphatic rings. The molecule has 2 aliphatic carbocycles. The molecule has 0 radical (unpaired) electrons. The summed E-state index contributed by atoms with van der Waals surface area (Å²) in [5.74, 6) is -1.74. The highest BCUT2D eigenvalue weighted by atomic mass is 16.5. The molecule has 4 rings (SSSR count). The Bertz CT molecular complexity index is 828. The molecule has 0 aromatic heterocycles. The zero-order valence-electron chi connectivity index (χ0n) is 14.4. The van der Waals surface area contributed by atoms with Gasteiger partial charge < -0.3 is 4.74 Å². The number of nitrogens with zero attached hydrogens (tertiary/aromatic N) is 1. The third kappa shape index (κ3) is 1.98. The Morgan fingerprint density at radius 2 is 1.56 bits per heavy atom. The van der Waals surface area contributed by atoms with Crippen molar-refractivity contribution in [1.82, 2.24) is 0 Å². The Morgan fingerprint density at radius 1 is 1.00 bits per heavy atom. The van der Waals surface area contributed by atoms with Crippen LogP contribution < -0.4 is 4.90 Å². The summed E-state index contributed by atoms with van der Waals surface area (Å²) < 4.78 is 4.80. The van der Waals surface area contributed by atoms with Crippen LogP contribution in [0, 0.1) is 23.7 Å². The van der Waals surface area contributed by atoms with Crippen LogP contribution in [0.1, 0.15) is 24.2 Å². The van der Waals surface area contributed by atoms with E-state index >= 15 is 0 Å². The molecule has 1 aliphatic heterocycles. The van der Waals surface area contributed by atoms with Crippen LogP contribution in [0.4, 0.5) is 5.69 Å². The second kappa shape index (κ2) is 5.41. The first-order valence-corrected chi connectivity index (χ1v) is 8.38.